The fourth-order valence-corrected chi connectivity index (χ4v) is 2.15. The molecule has 98 valence electrons. The Bertz CT molecular complexity index is 540. The van der Waals surface area contributed by atoms with E-state index in [4.69, 9.17) is 5.73 Å². The van der Waals surface area contributed by atoms with Gasteiger partial charge in [-0.05, 0) is 39.4 Å². The number of H-pyrrole nitrogens is 1. The molecule has 2 rings (SSSR count). The zero-order valence-electron chi connectivity index (χ0n) is 11.7. The van der Waals surface area contributed by atoms with E-state index < -0.39 is 0 Å². The van der Waals surface area contributed by atoms with Gasteiger partial charge in [0.15, 0.2) is 0 Å². The molecule has 3 N–H and O–H groups in total. The van der Waals surface area contributed by atoms with Gasteiger partial charge < -0.3 is 10.7 Å². The molecule has 3 nitrogen and oxygen atoms in total. The van der Waals surface area contributed by atoms with E-state index in [-0.39, 0.29) is 5.54 Å². The molecule has 0 atom stereocenters. The second-order valence-electron chi connectivity index (χ2n) is 5.65. The van der Waals surface area contributed by atoms with Crippen LogP contribution in [0.1, 0.15) is 25.1 Å². The number of nitrogens with one attached hydrogen (secondary N) is 1. The highest BCUT2D eigenvalue weighted by atomic mass is 15.2. The molecule has 0 aliphatic heterocycles. The van der Waals surface area contributed by atoms with Crippen LogP contribution in [0.25, 0.3) is 10.9 Å². The normalized spacial score (nSPS) is 12.6. The van der Waals surface area contributed by atoms with Gasteiger partial charge in [0, 0.05) is 35.2 Å². The largest absolute Gasteiger partial charge is 0.358 e. The van der Waals surface area contributed by atoms with E-state index in [1.54, 1.807) is 0 Å². The highest BCUT2D eigenvalue weighted by Crippen LogP contribution is 2.25. The van der Waals surface area contributed by atoms with Crippen LogP contribution in [-0.4, -0.2) is 29.0 Å². The molecule has 0 aliphatic carbocycles. The molecule has 0 saturated carbocycles. The minimum Gasteiger partial charge on any atom is -0.358 e. The van der Waals surface area contributed by atoms with Gasteiger partial charge in [0.05, 0.1) is 0 Å². The maximum Gasteiger partial charge on any atom is 0.0459 e. The fraction of sp³-hybridized carbons (Fsp3) is 0.467. The van der Waals surface area contributed by atoms with Crippen molar-refractivity contribution in [2.45, 2.75) is 32.9 Å². The van der Waals surface area contributed by atoms with Crippen LogP contribution >= 0.6 is 0 Å². The molecular weight excluding hydrogens is 222 g/mol. The third-order valence-corrected chi connectivity index (χ3v) is 3.96. The van der Waals surface area contributed by atoms with Crippen LogP contribution in [0.4, 0.5) is 0 Å². The molecule has 3 heteroatoms. The Morgan fingerprint density at radius 3 is 2.61 bits per heavy atom. The Balaban J connectivity index is 2.35. The predicted molar refractivity (Wildman–Crippen MR) is 77.6 cm³/mol. The molecule has 0 saturated heterocycles. The minimum absolute atomic E-state index is 0.0187. The summed E-state index contributed by atoms with van der Waals surface area (Å²) in [5, 5.41) is 1.31. The number of hydrogen-bond donors (Lipinski definition) is 2. The number of rotatable bonds is 4. The van der Waals surface area contributed by atoms with E-state index in [2.05, 4.69) is 62.0 Å². The lowest BCUT2D eigenvalue weighted by Gasteiger charge is -2.34. The first-order valence-electron chi connectivity index (χ1n) is 6.43. The quantitative estimate of drug-likeness (QED) is 0.869. The average molecular weight is 245 g/mol. The first kappa shape index (κ1) is 13.1. The number of benzene rings is 1. The molecule has 0 fully saturated rings. The van der Waals surface area contributed by atoms with Crippen LogP contribution in [0.5, 0.6) is 0 Å². The second kappa shape index (κ2) is 4.75. The standard InChI is InChI=1S/C15H23N3/c1-11-13(9-18(4)15(2,3)10-16)12-7-5-6-8-14(12)17-11/h5-8,17H,9-10,16H2,1-4H3. The van der Waals surface area contributed by atoms with Crippen LogP contribution in [-0.2, 0) is 6.54 Å². The minimum atomic E-state index is 0.0187. The molecule has 0 bridgehead atoms. The molecular formula is C15H23N3. The third kappa shape index (κ3) is 2.28. The molecule has 0 unspecified atom stereocenters. The summed E-state index contributed by atoms with van der Waals surface area (Å²) in [6.07, 6.45) is 0. The number of aromatic amines is 1. The SMILES string of the molecule is Cc1[nH]c2ccccc2c1CN(C)C(C)(C)CN. The van der Waals surface area contributed by atoms with Gasteiger partial charge in [0.1, 0.15) is 0 Å². The Kier molecular flexibility index (Phi) is 3.46. The zero-order chi connectivity index (χ0) is 13.3. The van der Waals surface area contributed by atoms with Crippen LogP contribution in [0.15, 0.2) is 24.3 Å². The molecule has 1 heterocycles. The molecule has 0 spiro atoms. The van der Waals surface area contributed by atoms with Gasteiger partial charge in [0.2, 0.25) is 0 Å². The van der Waals surface area contributed by atoms with Gasteiger partial charge in [-0.1, -0.05) is 18.2 Å². The Morgan fingerprint density at radius 2 is 1.94 bits per heavy atom. The molecule has 18 heavy (non-hydrogen) atoms. The van der Waals surface area contributed by atoms with Crippen LogP contribution in [0.2, 0.25) is 0 Å². The molecule has 0 aliphatic rings. The average Bonchev–Trinajstić information content (AvgIpc) is 2.66. The fourth-order valence-electron chi connectivity index (χ4n) is 2.15. The number of aromatic nitrogens is 1. The van der Waals surface area contributed by atoms with Crippen molar-refractivity contribution in [3.63, 3.8) is 0 Å². The first-order chi connectivity index (χ1) is 8.45. The lowest BCUT2D eigenvalue weighted by atomic mass is 10.0. The van der Waals surface area contributed by atoms with Gasteiger partial charge in [-0.3, -0.25) is 4.90 Å². The van der Waals surface area contributed by atoms with Gasteiger partial charge in [0.25, 0.3) is 0 Å². The maximum atomic E-state index is 5.84. The van der Waals surface area contributed by atoms with Gasteiger partial charge >= 0.3 is 0 Å². The summed E-state index contributed by atoms with van der Waals surface area (Å²) in [5.41, 5.74) is 9.68. The van der Waals surface area contributed by atoms with Crippen molar-refractivity contribution in [1.82, 2.24) is 9.88 Å². The summed E-state index contributed by atoms with van der Waals surface area (Å²) < 4.78 is 0. The molecule has 2 aromatic rings. The smallest absolute Gasteiger partial charge is 0.0459 e. The van der Waals surface area contributed by atoms with Crippen molar-refractivity contribution in [1.29, 1.82) is 0 Å². The number of nitrogens with two attached hydrogens (primary N) is 1. The molecule has 0 radical (unpaired) electrons. The summed E-state index contributed by atoms with van der Waals surface area (Å²) in [6, 6.07) is 8.46. The third-order valence-electron chi connectivity index (χ3n) is 3.96. The van der Waals surface area contributed by atoms with Gasteiger partial charge in [-0.15, -0.1) is 0 Å². The second-order valence-corrected chi connectivity index (χ2v) is 5.65. The summed E-state index contributed by atoms with van der Waals surface area (Å²) in [7, 11) is 2.13. The van der Waals surface area contributed by atoms with E-state index in [0.717, 1.165) is 6.54 Å². The lowest BCUT2D eigenvalue weighted by Crippen LogP contribution is -2.46. The number of hydrogen-bond acceptors (Lipinski definition) is 2. The van der Waals surface area contributed by atoms with E-state index in [9.17, 15) is 0 Å². The number of para-hydroxylation sites is 1. The van der Waals surface area contributed by atoms with Gasteiger partial charge in [-0.2, -0.15) is 0 Å². The molecule has 1 aromatic heterocycles. The Labute approximate surface area is 109 Å². The van der Waals surface area contributed by atoms with E-state index in [0.29, 0.717) is 6.54 Å². The van der Waals surface area contributed by atoms with Crippen molar-refractivity contribution in [3.05, 3.63) is 35.5 Å². The van der Waals surface area contributed by atoms with E-state index in [1.807, 2.05) is 0 Å². The summed E-state index contributed by atoms with van der Waals surface area (Å²) in [6.45, 7) is 8.07. The van der Waals surface area contributed by atoms with Crippen LogP contribution in [0.3, 0.4) is 0 Å². The van der Waals surface area contributed by atoms with Crippen LogP contribution < -0.4 is 5.73 Å². The summed E-state index contributed by atoms with van der Waals surface area (Å²) >= 11 is 0. The maximum absolute atomic E-state index is 5.84. The van der Waals surface area contributed by atoms with E-state index >= 15 is 0 Å². The Morgan fingerprint density at radius 1 is 1.28 bits per heavy atom. The number of aryl methyl sites for hydroxylation is 1. The van der Waals surface area contributed by atoms with E-state index in [1.165, 1.54) is 22.2 Å². The van der Waals surface area contributed by atoms with Crippen molar-refractivity contribution in [3.8, 4) is 0 Å². The zero-order valence-corrected chi connectivity index (χ0v) is 11.7. The lowest BCUT2D eigenvalue weighted by molar-refractivity contribution is 0.156. The van der Waals surface area contributed by atoms with Crippen molar-refractivity contribution >= 4 is 10.9 Å². The number of fused-ring (bicyclic) bond motifs is 1. The number of nitrogens with zero attached hydrogens (tertiary/aromatic N) is 1. The van der Waals surface area contributed by atoms with Crippen molar-refractivity contribution in [2.75, 3.05) is 13.6 Å². The van der Waals surface area contributed by atoms with Crippen LogP contribution in [0, 0.1) is 6.92 Å². The monoisotopic (exact) mass is 245 g/mol. The highest BCUT2D eigenvalue weighted by molar-refractivity contribution is 5.84. The number of likely N-dealkylation sites (N-methyl/N-ethyl adjacent to an activating group) is 1. The highest BCUT2D eigenvalue weighted by Gasteiger charge is 2.23. The topological polar surface area (TPSA) is 45.0 Å². The molecule has 1 aromatic carbocycles. The summed E-state index contributed by atoms with van der Waals surface area (Å²) in [4.78, 5) is 5.76. The Hall–Kier alpha value is -1.32. The summed E-state index contributed by atoms with van der Waals surface area (Å²) in [5.74, 6) is 0. The van der Waals surface area contributed by atoms with Gasteiger partial charge in [-0.25, -0.2) is 0 Å². The first-order valence-corrected chi connectivity index (χ1v) is 6.43. The molecule has 0 amide bonds. The predicted octanol–water partition coefficient (Wildman–Crippen LogP) is 2.65. The van der Waals surface area contributed by atoms with Crippen molar-refractivity contribution in [2.24, 2.45) is 5.73 Å². The van der Waals surface area contributed by atoms with Crippen molar-refractivity contribution < 1.29 is 0 Å².